The second-order valence-electron chi connectivity index (χ2n) is 5.41. The molecule has 0 fully saturated rings. The molecule has 3 aromatic rings. The number of carbonyl (C=O) groups excluding carboxylic acids is 2. The molecule has 0 aliphatic heterocycles. The molecule has 124 valence electrons. The molecule has 3 aromatic carbocycles. The summed E-state index contributed by atoms with van der Waals surface area (Å²) in [6, 6.07) is 24.8. The normalized spacial score (nSPS) is 11.6. The molecule has 3 nitrogen and oxygen atoms in total. The summed E-state index contributed by atoms with van der Waals surface area (Å²) in [5, 5.41) is 0. The van der Waals surface area contributed by atoms with Gasteiger partial charge in [-0.3, -0.25) is 4.79 Å². The van der Waals surface area contributed by atoms with Gasteiger partial charge in [-0.2, -0.15) is 0 Å². The molecule has 0 aromatic heterocycles. The van der Waals surface area contributed by atoms with Crippen LogP contribution >= 0.6 is 15.9 Å². The van der Waals surface area contributed by atoms with Gasteiger partial charge in [-0.1, -0.05) is 72.8 Å². The lowest BCUT2D eigenvalue weighted by Crippen LogP contribution is -2.20. The first-order valence-corrected chi connectivity index (χ1v) is 8.56. The summed E-state index contributed by atoms with van der Waals surface area (Å²) >= 11 is 3.34. The largest absolute Gasteiger partial charge is 0.445 e. The molecule has 0 radical (unpaired) electrons. The molecule has 1 atom stereocenters. The highest BCUT2D eigenvalue weighted by atomic mass is 79.9. The van der Waals surface area contributed by atoms with Crippen molar-refractivity contribution in [2.75, 3.05) is 0 Å². The molecule has 0 saturated heterocycles. The Kier molecular flexibility index (Phi) is 5.41. The number of ether oxygens (including phenoxy) is 1. The van der Waals surface area contributed by atoms with Crippen molar-refractivity contribution in [2.45, 2.75) is 6.10 Å². The fourth-order valence-electron chi connectivity index (χ4n) is 2.45. The third kappa shape index (κ3) is 4.03. The Balaban J connectivity index is 1.94. The quantitative estimate of drug-likeness (QED) is 0.439. The Labute approximate surface area is 154 Å². The van der Waals surface area contributed by atoms with Gasteiger partial charge in [0.25, 0.3) is 0 Å². The predicted molar refractivity (Wildman–Crippen MR) is 99.5 cm³/mol. The number of hydrogen-bond acceptors (Lipinski definition) is 3. The van der Waals surface area contributed by atoms with E-state index in [0.29, 0.717) is 21.2 Å². The second kappa shape index (κ2) is 7.90. The van der Waals surface area contributed by atoms with Gasteiger partial charge < -0.3 is 4.74 Å². The smallest absolute Gasteiger partial charge is 0.340 e. The molecule has 0 N–H and O–H groups in total. The molecule has 0 unspecified atom stereocenters. The van der Waals surface area contributed by atoms with Gasteiger partial charge in [0.1, 0.15) is 0 Å². The van der Waals surface area contributed by atoms with Crippen LogP contribution in [0.15, 0.2) is 89.4 Å². The summed E-state index contributed by atoms with van der Waals surface area (Å²) in [6.45, 7) is 0. The van der Waals surface area contributed by atoms with Crippen LogP contribution in [0.4, 0.5) is 0 Å². The Morgan fingerprint density at radius 3 is 1.96 bits per heavy atom. The molecule has 4 heteroatoms. The molecule has 0 aliphatic carbocycles. The summed E-state index contributed by atoms with van der Waals surface area (Å²) in [5.74, 6) is -0.808. The average molecular weight is 395 g/mol. The minimum absolute atomic E-state index is 0.257. The molecular formula is C21H15BrO3. The third-order valence-corrected chi connectivity index (χ3v) is 4.41. The molecule has 0 saturated carbocycles. The van der Waals surface area contributed by atoms with Crippen LogP contribution in [0.3, 0.4) is 0 Å². The first-order valence-electron chi connectivity index (χ1n) is 7.76. The highest BCUT2D eigenvalue weighted by Gasteiger charge is 2.27. The maximum atomic E-state index is 12.9. The maximum Gasteiger partial charge on any atom is 0.340 e. The van der Waals surface area contributed by atoms with Gasteiger partial charge in [-0.05, 0) is 28.1 Å². The van der Waals surface area contributed by atoms with E-state index in [0.717, 1.165) is 0 Å². The van der Waals surface area contributed by atoms with Crippen molar-refractivity contribution in [3.05, 3.63) is 106 Å². The van der Waals surface area contributed by atoms with E-state index in [1.165, 1.54) is 0 Å². The van der Waals surface area contributed by atoms with Gasteiger partial charge >= 0.3 is 5.97 Å². The van der Waals surface area contributed by atoms with Gasteiger partial charge in [0.15, 0.2) is 6.10 Å². The summed E-state index contributed by atoms with van der Waals surface area (Å²) in [7, 11) is 0. The van der Waals surface area contributed by atoms with Crippen molar-refractivity contribution in [2.24, 2.45) is 0 Å². The van der Waals surface area contributed by atoms with E-state index < -0.39 is 12.1 Å². The van der Waals surface area contributed by atoms with Gasteiger partial charge in [0.05, 0.1) is 5.56 Å². The van der Waals surface area contributed by atoms with Crippen LogP contribution in [0, 0.1) is 0 Å². The number of esters is 1. The van der Waals surface area contributed by atoms with Crippen molar-refractivity contribution >= 4 is 27.7 Å². The predicted octanol–water partition coefficient (Wildman–Crippen LogP) is 5.23. The molecule has 0 aliphatic rings. The minimum atomic E-state index is -0.997. The number of hydrogen-bond donors (Lipinski definition) is 0. The van der Waals surface area contributed by atoms with E-state index in [-0.39, 0.29) is 5.78 Å². The lowest BCUT2D eigenvalue weighted by atomic mass is 10.00. The van der Waals surface area contributed by atoms with E-state index in [1.807, 2.05) is 30.3 Å². The summed E-state index contributed by atoms with van der Waals surface area (Å²) < 4.78 is 6.23. The van der Waals surface area contributed by atoms with E-state index in [9.17, 15) is 9.59 Å². The second-order valence-corrected chi connectivity index (χ2v) is 6.26. The van der Waals surface area contributed by atoms with Crippen LogP contribution in [0.25, 0.3) is 0 Å². The van der Waals surface area contributed by atoms with Gasteiger partial charge in [-0.15, -0.1) is 0 Å². The van der Waals surface area contributed by atoms with Gasteiger partial charge in [0, 0.05) is 15.6 Å². The van der Waals surface area contributed by atoms with Crippen molar-refractivity contribution in [1.29, 1.82) is 0 Å². The van der Waals surface area contributed by atoms with E-state index in [4.69, 9.17) is 4.74 Å². The standard InChI is InChI=1S/C21H15BrO3/c22-18-14-8-7-13-17(18)21(24)25-20(16-11-5-2-6-12-16)19(23)15-9-3-1-4-10-15/h1-14,20H/t20-/m1/s1. The maximum absolute atomic E-state index is 12.9. The van der Waals surface area contributed by atoms with Crippen LogP contribution in [0.1, 0.15) is 32.4 Å². The number of benzene rings is 3. The molecule has 3 rings (SSSR count). The number of halogens is 1. The molecule has 0 heterocycles. The first kappa shape index (κ1) is 17.1. The Bertz CT molecular complexity index is 876. The minimum Gasteiger partial charge on any atom is -0.445 e. The SMILES string of the molecule is O=C(O[C@@H](C(=O)c1ccccc1)c1ccccc1)c1ccccc1Br. The Morgan fingerprint density at radius 1 is 0.760 bits per heavy atom. The highest BCUT2D eigenvalue weighted by Crippen LogP contribution is 2.26. The fraction of sp³-hybridized carbons (Fsp3) is 0.0476. The Hall–Kier alpha value is -2.72. The van der Waals surface area contributed by atoms with Gasteiger partial charge in [-0.25, -0.2) is 4.79 Å². The molecule has 0 spiro atoms. The van der Waals surface area contributed by atoms with Crippen LogP contribution in [-0.2, 0) is 4.74 Å². The topological polar surface area (TPSA) is 43.4 Å². The van der Waals surface area contributed by atoms with E-state index in [1.54, 1.807) is 54.6 Å². The summed E-state index contributed by atoms with van der Waals surface area (Å²) in [6.07, 6.45) is -0.997. The molecule has 0 amide bonds. The lowest BCUT2D eigenvalue weighted by Gasteiger charge is -2.18. The fourth-order valence-corrected chi connectivity index (χ4v) is 2.90. The van der Waals surface area contributed by atoms with Crippen LogP contribution in [-0.4, -0.2) is 11.8 Å². The average Bonchev–Trinajstić information content (AvgIpc) is 2.67. The van der Waals surface area contributed by atoms with Crippen molar-refractivity contribution in [3.63, 3.8) is 0 Å². The number of rotatable bonds is 5. The summed E-state index contributed by atoms with van der Waals surface area (Å²) in [4.78, 5) is 25.5. The zero-order chi connectivity index (χ0) is 17.6. The number of ketones is 1. The van der Waals surface area contributed by atoms with Crippen LogP contribution < -0.4 is 0 Å². The summed E-state index contributed by atoms with van der Waals surface area (Å²) in [5.41, 5.74) is 1.51. The van der Waals surface area contributed by atoms with E-state index in [2.05, 4.69) is 15.9 Å². The molecule has 0 bridgehead atoms. The Morgan fingerprint density at radius 2 is 1.32 bits per heavy atom. The van der Waals surface area contributed by atoms with Crippen molar-refractivity contribution < 1.29 is 14.3 Å². The highest BCUT2D eigenvalue weighted by molar-refractivity contribution is 9.10. The first-order chi connectivity index (χ1) is 12.2. The van der Waals surface area contributed by atoms with Crippen LogP contribution in [0.2, 0.25) is 0 Å². The monoisotopic (exact) mass is 394 g/mol. The van der Waals surface area contributed by atoms with Crippen molar-refractivity contribution in [1.82, 2.24) is 0 Å². The zero-order valence-corrected chi connectivity index (χ0v) is 14.8. The zero-order valence-electron chi connectivity index (χ0n) is 13.3. The van der Waals surface area contributed by atoms with E-state index >= 15 is 0 Å². The van der Waals surface area contributed by atoms with Crippen LogP contribution in [0.5, 0.6) is 0 Å². The molecule has 25 heavy (non-hydrogen) atoms. The van der Waals surface area contributed by atoms with Crippen molar-refractivity contribution in [3.8, 4) is 0 Å². The number of Topliss-reactive ketones (excluding diaryl/α,β-unsaturated/α-hetero) is 1. The lowest BCUT2D eigenvalue weighted by molar-refractivity contribution is 0.0279. The molecular weight excluding hydrogens is 380 g/mol. The van der Waals surface area contributed by atoms with Gasteiger partial charge in [0.2, 0.25) is 5.78 Å². The third-order valence-electron chi connectivity index (χ3n) is 3.72. The number of carbonyl (C=O) groups is 2.